The minimum absolute atomic E-state index is 0.611. The summed E-state index contributed by atoms with van der Waals surface area (Å²) in [5.74, 6) is 0. The van der Waals surface area contributed by atoms with E-state index in [-0.39, 0.29) is 0 Å². The second-order valence-corrected chi connectivity index (χ2v) is 4.81. The van der Waals surface area contributed by atoms with Crippen LogP contribution in [0.1, 0.15) is 39.5 Å². The van der Waals surface area contributed by atoms with Crippen LogP contribution in [0.5, 0.6) is 0 Å². The molecule has 0 heterocycles. The van der Waals surface area contributed by atoms with Crippen molar-refractivity contribution in [2.45, 2.75) is 39.5 Å². The third kappa shape index (κ3) is 10.9. The van der Waals surface area contributed by atoms with Crippen LogP contribution < -0.4 is 4.90 Å². The highest BCUT2D eigenvalue weighted by molar-refractivity contribution is 6.50. The van der Waals surface area contributed by atoms with E-state index in [4.69, 9.17) is 5.39 Å². The molecule has 0 unspecified atom stereocenters. The fourth-order valence-corrected chi connectivity index (χ4v) is 1.80. The molecule has 0 aliphatic carbocycles. The maximum Gasteiger partial charge on any atom is 0.673 e. The molecule has 0 spiro atoms. The molecule has 0 radical (unpaired) electrons. The summed E-state index contributed by atoms with van der Waals surface area (Å²) >= 11 is 0. The number of rotatable bonds is 7. The third-order valence-corrected chi connectivity index (χ3v) is 2.89. The first-order valence-electron chi connectivity index (χ1n) is 7.39. The van der Waals surface area contributed by atoms with Gasteiger partial charge in [0.05, 0.1) is 0 Å². The maximum atomic E-state index is 9.75. The summed E-state index contributed by atoms with van der Waals surface area (Å²) in [6.07, 6.45) is 4.87. The molecule has 1 aromatic rings. The predicted molar refractivity (Wildman–Crippen MR) is 83.4 cm³/mol. The molecule has 0 saturated carbocycles. The number of hydrogen-bond donors (Lipinski definition) is 0. The van der Waals surface area contributed by atoms with Gasteiger partial charge in [-0.25, -0.2) is 0 Å². The Hall–Kier alpha value is -1.78. The number of diazo groups is 1. The van der Waals surface area contributed by atoms with Crippen LogP contribution in [0, 0.1) is 5.39 Å². The van der Waals surface area contributed by atoms with Gasteiger partial charge in [0.2, 0.25) is 5.39 Å². The quantitative estimate of drug-likeness (QED) is 0.357. The lowest BCUT2D eigenvalue weighted by atomic mass is 10.2. The van der Waals surface area contributed by atoms with Crippen LogP contribution >= 0.6 is 0 Å². The second-order valence-electron chi connectivity index (χ2n) is 4.81. The van der Waals surface area contributed by atoms with Gasteiger partial charge in [0, 0.05) is 30.9 Å². The molecule has 0 N–H and O–H groups in total. The molecule has 0 atom stereocenters. The van der Waals surface area contributed by atoms with Crippen molar-refractivity contribution in [1.82, 2.24) is 0 Å². The summed E-state index contributed by atoms with van der Waals surface area (Å²) in [5.41, 5.74) is 1.83. The zero-order valence-electron chi connectivity index (χ0n) is 13.0. The fraction of sp³-hybridized carbons (Fsp3) is 0.571. The van der Waals surface area contributed by atoms with Crippen LogP contribution in [-0.4, -0.2) is 20.3 Å². The molecule has 0 aliphatic rings. The third-order valence-electron chi connectivity index (χ3n) is 2.89. The Balaban J connectivity index is 0.000000763. The number of benzene rings is 1. The smallest absolute Gasteiger partial charge is 0.418 e. The number of halogens is 4. The van der Waals surface area contributed by atoms with E-state index < -0.39 is 7.25 Å². The largest absolute Gasteiger partial charge is 0.673 e. The van der Waals surface area contributed by atoms with Gasteiger partial charge < -0.3 is 22.2 Å². The molecule has 0 bridgehead atoms. The topological polar surface area (TPSA) is 31.4 Å². The van der Waals surface area contributed by atoms with Crippen molar-refractivity contribution in [2.24, 2.45) is 0 Å². The summed E-state index contributed by atoms with van der Waals surface area (Å²) in [6.45, 7) is 6.63. The average Bonchev–Trinajstić information content (AvgIpc) is 2.46. The van der Waals surface area contributed by atoms with E-state index in [1.165, 1.54) is 31.4 Å². The molecule has 1 rings (SSSR count). The molecule has 3 nitrogen and oxygen atoms in total. The first kappa shape index (κ1) is 20.2. The highest BCUT2D eigenvalue weighted by atomic mass is 19.5. The summed E-state index contributed by atoms with van der Waals surface area (Å²) in [6, 6.07) is 7.75. The molecule has 0 fully saturated rings. The van der Waals surface area contributed by atoms with Gasteiger partial charge in [-0.2, -0.15) is 0 Å². The van der Waals surface area contributed by atoms with Gasteiger partial charge in [-0.15, -0.1) is 0 Å². The molecule has 0 amide bonds. The molecular weight excluding hydrogens is 297 g/mol. The Bertz CT molecular complexity index is 429. The number of hydrogen-bond acceptors (Lipinski definition) is 2. The van der Waals surface area contributed by atoms with Gasteiger partial charge in [0.25, 0.3) is 0 Å². The molecule has 1 aromatic carbocycles. The van der Waals surface area contributed by atoms with Crippen molar-refractivity contribution in [3.8, 4) is 0 Å². The standard InChI is InChI=1S/C14H22N3.BF4/c1-3-5-11-17(12-6-4-2)14-9-7-13(16-15)8-10-14;2-1(3,4)5/h7-10H,3-6,11-12H2,1-2H3;/q+1;-1. The molecule has 8 heteroatoms. The molecule has 124 valence electrons. The van der Waals surface area contributed by atoms with E-state index in [9.17, 15) is 17.3 Å². The Morgan fingerprint density at radius 3 is 1.68 bits per heavy atom. The van der Waals surface area contributed by atoms with Crippen molar-refractivity contribution in [3.63, 3.8) is 0 Å². The van der Waals surface area contributed by atoms with Gasteiger partial charge in [0.15, 0.2) is 4.98 Å². The first-order valence-corrected chi connectivity index (χ1v) is 7.39. The van der Waals surface area contributed by atoms with Crippen LogP contribution in [0.3, 0.4) is 0 Å². The van der Waals surface area contributed by atoms with Crippen molar-refractivity contribution in [2.75, 3.05) is 18.0 Å². The lowest BCUT2D eigenvalue weighted by Gasteiger charge is -2.24. The zero-order valence-corrected chi connectivity index (χ0v) is 13.0. The maximum absolute atomic E-state index is 9.75. The first-order chi connectivity index (χ1) is 10.3. The molecule has 0 aromatic heterocycles. The van der Waals surface area contributed by atoms with Gasteiger partial charge in [-0.1, -0.05) is 26.7 Å². The average molecular weight is 319 g/mol. The molecule has 0 saturated heterocycles. The lowest BCUT2D eigenvalue weighted by Crippen LogP contribution is -2.25. The highest BCUT2D eigenvalue weighted by Crippen LogP contribution is 2.20. The lowest BCUT2D eigenvalue weighted by molar-refractivity contribution is 0.368. The highest BCUT2D eigenvalue weighted by Gasteiger charge is 2.20. The van der Waals surface area contributed by atoms with E-state index in [0.717, 1.165) is 13.1 Å². The molecular formula is C14H22BF4N3. The van der Waals surface area contributed by atoms with E-state index in [1.807, 2.05) is 24.3 Å². The predicted octanol–water partition coefficient (Wildman–Crippen LogP) is 5.88. The number of unbranched alkanes of at least 4 members (excludes halogenated alkanes) is 2. The van der Waals surface area contributed by atoms with Crippen molar-refractivity contribution in [3.05, 3.63) is 29.2 Å². The van der Waals surface area contributed by atoms with Crippen molar-refractivity contribution in [1.29, 1.82) is 5.39 Å². The normalized spacial score (nSPS) is 10.4. The Labute approximate surface area is 129 Å². The second kappa shape index (κ2) is 10.9. The number of nitrogens with zero attached hydrogens (tertiary/aromatic N) is 3. The Morgan fingerprint density at radius 1 is 0.955 bits per heavy atom. The molecule has 0 aliphatic heterocycles. The SMILES string of the molecule is CCCCN(CCCC)c1ccc([N+]#N)cc1.F[B-](F)(F)F. The van der Waals surface area contributed by atoms with Gasteiger partial charge >= 0.3 is 12.9 Å². The van der Waals surface area contributed by atoms with E-state index in [0.29, 0.717) is 5.69 Å². The monoisotopic (exact) mass is 319 g/mol. The summed E-state index contributed by atoms with van der Waals surface area (Å²) in [7, 11) is -6.00. The minimum atomic E-state index is -6.00. The van der Waals surface area contributed by atoms with E-state index >= 15 is 0 Å². The zero-order chi connectivity index (χ0) is 17.0. The molecule has 22 heavy (non-hydrogen) atoms. The summed E-state index contributed by atoms with van der Waals surface area (Å²) in [4.78, 5) is 5.59. The van der Waals surface area contributed by atoms with Crippen molar-refractivity contribution < 1.29 is 17.3 Å². The van der Waals surface area contributed by atoms with E-state index in [2.05, 4.69) is 23.7 Å². The van der Waals surface area contributed by atoms with Gasteiger partial charge in [-0.3, -0.25) is 0 Å². The van der Waals surface area contributed by atoms with Crippen LogP contribution in [0.25, 0.3) is 4.98 Å². The minimum Gasteiger partial charge on any atom is -0.418 e. The van der Waals surface area contributed by atoms with Crippen molar-refractivity contribution >= 4 is 18.6 Å². The van der Waals surface area contributed by atoms with Crippen LogP contribution in [0.2, 0.25) is 0 Å². The number of anilines is 1. The summed E-state index contributed by atoms with van der Waals surface area (Å²) < 4.78 is 39.0. The van der Waals surface area contributed by atoms with Gasteiger partial charge in [-0.05, 0) is 25.0 Å². The van der Waals surface area contributed by atoms with Crippen LogP contribution in [-0.2, 0) is 0 Å². The van der Waals surface area contributed by atoms with Crippen LogP contribution in [0.4, 0.5) is 28.6 Å². The Kier molecular flexibility index (Phi) is 10.0. The van der Waals surface area contributed by atoms with Gasteiger partial charge in [0.1, 0.15) is 0 Å². The van der Waals surface area contributed by atoms with E-state index in [1.54, 1.807) is 0 Å². The summed E-state index contributed by atoms with van der Waals surface area (Å²) in [5, 5.41) is 8.66. The van der Waals surface area contributed by atoms with Crippen LogP contribution in [0.15, 0.2) is 24.3 Å². The Morgan fingerprint density at radius 2 is 1.36 bits per heavy atom. The fourth-order valence-electron chi connectivity index (χ4n) is 1.80.